The fourth-order valence-electron chi connectivity index (χ4n) is 3.23. The first-order valence-electron chi connectivity index (χ1n) is 9.17. The molecule has 1 aliphatic heterocycles. The minimum atomic E-state index is -0.0532. The van der Waals surface area contributed by atoms with E-state index in [1.54, 1.807) is 25.3 Å². The Bertz CT molecular complexity index is 771. The maximum absolute atomic E-state index is 12.4. The summed E-state index contributed by atoms with van der Waals surface area (Å²) in [5.74, 6) is 0.554. The lowest BCUT2D eigenvalue weighted by atomic mass is 10.1. The second kappa shape index (κ2) is 9.22. The summed E-state index contributed by atoms with van der Waals surface area (Å²) < 4.78 is 5.28. The number of aryl methyl sites for hydroxylation is 1. The molecular weight excluding hydrogens is 362 g/mol. The van der Waals surface area contributed by atoms with Gasteiger partial charge in [-0.05, 0) is 30.7 Å². The number of hydrogen-bond acceptors (Lipinski definition) is 4. The van der Waals surface area contributed by atoms with Gasteiger partial charge in [0.05, 0.1) is 19.3 Å². The van der Waals surface area contributed by atoms with E-state index < -0.39 is 0 Å². The van der Waals surface area contributed by atoms with Crippen LogP contribution in [0.5, 0.6) is 5.75 Å². The Morgan fingerprint density at radius 1 is 1.07 bits per heavy atom. The molecule has 6 heteroatoms. The average molecular weight is 388 g/mol. The smallest absolute Gasteiger partial charge is 0.238 e. The molecule has 1 heterocycles. The van der Waals surface area contributed by atoms with Crippen LogP contribution >= 0.6 is 11.6 Å². The van der Waals surface area contributed by atoms with E-state index in [1.165, 1.54) is 11.1 Å². The monoisotopic (exact) mass is 387 g/mol. The van der Waals surface area contributed by atoms with Crippen molar-refractivity contribution in [3.8, 4) is 5.75 Å². The first kappa shape index (κ1) is 19.7. The third kappa shape index (κ3) is 5.70. The highest BCUT2D eigenvalue weighted by atomic mass is 35.5. The molecule has 144 valence electrons. The quantitative estimate of drug-likeness (QED) is 0.825. The highest BCUT2D eigenvalue weighted by Crippen LogP contribution is 2.27. The summed E-state index contributed by atoms with van der Waals surface area (Å²) in [5.41, 5.74) is 3.22. The molecule has 0 aromatic heterocycles. The van der Waals surface area contributed by atoms with Crippen molar-refractivity contribution in [3.63, 3.8) is 0 Å². The zero-order chi connectivity index (χ0) is 19.2. The molecule has 1 fully saturated rings. The lowest BCUT2D eigenvalue weighted by Gasteiger charge is -2.34. The van der Waals surface area contributed by atoms with Gasteiger partial charge in [0, 0.05) is 37.7 Å². The van der Waals surface area contributed by atoms with Crippen molar-refractivity contribution in [2.75, 3.05) is 45.2 Å². The van der Waals surface area contributed by atoms with Gasteiger partial charge in [-0.15, -0.1) is 0 Å². The van der Waals surface area contributed by atoms with Gasteiger partial charge in [-0.1, -0.05) is 41.4 Å². The molecule has 0 bridgehead atoms. The van der Waals surface area contributed by atoms with Crippen LogP contribution in [-0.4, -0.2) is 55.5 Å². The van der Waals surface area contributed by atoms with Crippen molar-refractivity contribution >= 4 is 23.2 Å². The van der Waals surface area contributed by atoms with Crippen LogP contribution < -0.4 is 10.1 Å². The highest BCUT2D eigenvalue weighted by molar-refractivity contribution is 6.31. The molecule has 1 saturated heterocycles. The number of benzene rings is 2. The van der Waals surface area contributed by atoms with E-state index in [-0.39, 0.29) is 5.91 Å². The van der Waals surface area contributed by atoms with Gasteiger partial charge < -0.3 is 10.1 Å². The molecule has 1 amide bonds. The molecule has 0 atom stereocenters. The molecule has 3 rings (SSSR count). The van der Waals surface area contributed by atoms with Crippen LogP contribution in [-0.2, 0) is 11.3 Å². The number of hydrogen-bond donors (Lipinski definition) is 1. The van der Waals surface area contributed by atoms with Gasteiger partial charge in [0.1, 0.15) is 5.75 Å². The number of anilines is 1. The minimum Gasteiger partial charge on any atom is -0.495 e. The van der Waals surface area contributed by atoms with Crippen LogP contribution in [0, 0.1) is 6.92 Å². The number of nitrogens with zero attached hydrogens (tertiary/aromatic N) is 2. The second-order valence-corrected chi connectivity index (χ2v) is 7.37. The minimum absolute atomic E-state index is 0.0532. The van der Waals surface area contributed by atoms with Crippen molar-refractivity contribution in [2.24, 2.45) is 0 Å². The van der Waals surface area contributed by atoms with Gasteiger partial charge in [0.2, 0.25) is 5.91 Å². The number of amides is 1. The molecule has 1 aliphatic rings. The van der Waals surface area contributed by atoms with E-state index in [4.69, 9.17) is 16.3 Å². The van der Waals surface area contributed by atoms with Crippen LogP contribution in [0.1, 0.15) is 11.1 Å². The van der Waals surface area contributed by atoms with Gasteiger partial charge in [0.15, 0.2) is 0 Å². The Kier molecular flexibility index (Phi) is 6.72. The van der Waals surface area contributed by atoms with Gasteiger partial charge in [-0.2, -0.15) is 0 Å². The molecule has 1 N–H and O–H groups in total. The predicted octanol–water partition coefficient (Wildman–Crippen LogP) is 3.41. The first-order valence-corrected chi connectivity index (χ1v) is 9.55. The van der Waals surface area contributed by atoms with E-state index in [2.05, 4.69) is 46.3 Å². The van der Waals surface area contributed by atoms with Gasteiger partial charge >= 0.3 is 0 Å². The van der Waals surface area contributed by atoms with Gasteiger partial charge in [0.25, 0.3) is 0 Å². The molecule has 5 nitrogen and oxygen atoms in total. The first-order chi connectivity index (χ1) is 13.0. The SMILES string of the molecule is COc1ccc(Cl)cc1NC(=O)CN1CCN(Cc2ccc(C)cc2)CC1. The van der Waals surface area contributed by atoms with Crippen molar-refractivity contribution < 1.29 is 9.53 Å². The van der Waals surface area contributed by atoms with Gasteiger partial charge in [-0.25, -0.2) is 0 Å². The lowest BCUT2D eigenvalue weighted by molar-refractivity contribution is -0.117. The predicted molar refractivity (Wildman–Crippen MR) is 110 cm³/mol. The summed E-state index contributed by atoms with van der Waals surface area (Å²) in [6, 6.07) is 13.9. The highest BCUT2D eigenvalue weighted by Gasteiger charge is 2.19. The third-order valence-electron chi connectivity index (χ3n) is 4.79. The topological polar surface area (TPSA) is 44.8 Å². The van der Waals surface area contributed by atoms with Crippen molar-refractivity contribution in [2.45, 2.75) is 13.5 Å². The fraction of sp³-hybridized carbons (Fsp3) is 0.381. The number of piperazine rings is 1. The Balaban J connectivity index is 1.47. The molecule has 0 saturated carbocycles. The number of carbonyl (C=O) groups excluding carboxylic acids is 1. The summed E-state index contributed by atoms with van der Waals surface area (Å²) in [6.07, 6.45) is 0. The number of carbonyl (C=O) groups is 1. The maximum Gasteiger partial charge on any atom is 0.238 e. The van der Waals surface area contributed by atoms with E-state index in [9.17, 15) is 4.79 Å². The average Bonchev–Trinajstić information content (AvgIpc) is 2.65. The fourth-order valence-corrected chi connectivity index (χ4v) is 3.40. The summed E-state index contributed by atoms with van der Waals surface area (Å²) in [7, 11) is 1.58. The number of nitrogens with one attached hydrogen (secondary N) is 1. The Morgan fingerprint density at radius 3 is 2.41 bits per heavy atom. The number of ether oxygens (including phenoxy) is 1. The molecular formula is C21H26ClN3O2. The van der Waals surface area contributed by atoms with Crippen molar-refractivity contribution in [1.82, 2.24) is 9.80 Å². The Hall–Kier alpha value is -2.08. The molecule has 27 heavy (non-hydrogen) atoms. The van der Waals surface area contributed by atoms with E-state index in [0.29, 0.717) is 23.0 Å². The number of halogens is 1. The molecule has 2 aromatic rings. The zero-order valence-electron chi connectivity index (χ0n) is 15.9. The summed E-state index contributed by atoms with van der Waals surface area (Å²) in [4.78, 5) is 17.0. The zero-order valence-corrected chi connectivity index (χ0v) is 16.6. The van der Waals surface area contributed by atoms with Crippen LogP contribution in [0.2, 0.25) is 5.02 Å². The van der Waals surface area contributed by atoms with Gasteiger partial charge in [-0.3, -0.25) is 14.6 Å². The van der Waals surface area contributed by atoms with Crippen molar-refractivity contribution in [3.05, 3.63) is 58.6 Å². The largest absolute Gasteiger partial charge is 0.495 e. The molecule has 0 spiro atoms. The van der Waals surface area contributed by atoms with Crippen LogP contribution in [0.25, 0.3) is 0 Å². The van der Waals surface area contributed by atoms with Crippen LogP contribution in [0.15, 0.2) is 42.5 Å². The molecule has 0 unspecified atom stereocenters. The second-order valence-electron chi connectivity index (χ2n) is 6.93. The Morgan fingerprint density at radius 2 is 1.74 bits per heavy atom. The standard InChI is InChI=1S/C21H26ClN3O2/c1-16-3-5-17(6-4-16)14-24-9-11-25(12-10-24)15-21(26)23-19-13-18(22)7-8-20(19)27-2/h3-8,13H,9-12,14-15H2,1-2H3,(H,23,26). The normalized spacial score (nSPS) is 15.5. The number of rotatable bonds is 6. The molecule has 0 radical (unpaired) electrons. The van der Waals surface area contributed by atoms with E-state index in [0.717, 1.165) is 32.7 Å². The summed E-state index contributed by atoms with van der Waals surface area (Å²) >= 11 is 6.02. The number of methoxy groups -OCH3 is 1. The van der Waals surface area contributed by atoms with Crippen molar-refractivity contribution in [1.29, 1.82) is 0 Å². The summed E-state index contributed by atoms with van der Waals surface area (Å²) in [6.45, 7) is 7.11. The van der Waals surface area contributed by atoms with E-state index >= 15 is 0 Å². The molecule has 0 aliphatic carbocycles. The van der Waals surface area contributed by atoms with Crippen LogP contribution in [0.3, 0.4) is 0 Å². The Labute approximate surface area is 165 Å². The summed E-state index contributed by atoms with van der Waals surface area (Å²) in [5, 5.41) is 3.47. The van der Waals surface area contributed by atoms with E-state index in [1.807, 2.05) is 0 Å². The molecule has 2 aromatic carbocycles. The lowest BCUT2D eigenvalue weighted by Crippen LogP contribution is -2.48. The maximum atomic E-state index is 12.4. The van der Waals surface area contributed by atoms with Crippen LogP contribution in [0.4, 0.5) is 5.69 Å². The third-order valence-corrected chi connectivity index (χ3v) is 5.03.